The lowest BCUT2D eigenvalue weighted by Gasteiger charge is -2.00. The largest absolute Gasteiger partial charge is 0.398 e. The van der Waals surface area contributed by atoms with Gasteiger partial charge in [0.1, 0.15) is 0 Å². The number of hydrogen-bond acceptors (Lipinski definition) is 6. The summed E-state index contributed by atoms with van der Waals surface area (Å²) in [5.41, 5.74) is 7.79. The summed E-state index contributed by atoms with van der Waals surface area (Å²) in [6.45, 7) is 0. The summed E-state index contributed by atoms with van der Waals surface area (Å²) in [5, 5.41) is 11.8. The molecule has 7 heteroatoms. The SMILES string of the molecule is Nc1ccccc1-c1nnc(NC(=O)c2cccnc2)s1. The van der Waals surface area contributed by atoms with Gasteiger partial charge in [-0.25, -0.2) is 0 Å². The second kappa shape index (κ2) is 5.68. The molecule has 1 aromatic carbocycles. The zero-order chi connectivity index (χ0) is 14.7. The van der Waals surface area contributed by atoms with E-state index in [-0.39, 0.29) is 5.91 Å². The van der Waals surface area contributed by atoms with Crippen LogP contribution in [0, 0.1) is 0 Å². The first kappa shape index (κ1) is 13.2. The van der Waals surface area contributed by atoms with Crippen molar-refractivity contribution in [1.29, 1.82) is 0 Å². The average Bonchev–Trinajstić information content (AvgIpc) is 2.97. The van der Waals surface area contributed by atoms with Crippen LogP contribution in [-0.4, -0.2) is 21.1 Å². The Labute approximate surface area is 124 Å². The molecular formula is C14H11N5OS. The molecule has 21 heavy (non-hydrogen) atoms. The number of amides is 1. The molecule has 2 heterocycles. The number of nitrogens with zero attached hydrogens (tertiary/aromatic N) is 3. The molecular weight excluding hydrogens is 286 g/mol. The van der Waals surface area contributed by atoms with Crippen LogP contribution in [0.2, 0.25) is 0 Å². The van der Waals surface area contributed by atoms with Crippen molar-refractivity contribution in [3.8, 4) is 10.6 Å². The van der Waals surface area contributed by atoms with E-state index in [9.17, 15) is 4.79 Å². The number of nitrogens with two attached hydrogens (primary N) is 1. The fourth-order valence-electron chi connectivity index (χ4n) is 1.74. The minimum atomic E-state index is -0.271. The summed E-state index contributed by atoms with van der Waals surface area (Å²) in [6, 6.07) is 10.8. The zero-order valence-corrected chi connectivity index (χ0v) is 11.7. The Hall–Kier alpha value is -2.80. The van der Waals surface area contributed by atoms with Crippen LogP contribution < -0.4 is 11.1 Å². The van der Waals surface area contributed by atoms with Gasteiger partial charge in [-0.15, -0.1) is 10.2 Å². The summed E-state index contributed by atoms with van der Waals surface area (Å²) < 4.78 is 0. The van der Waals surface area contributed by atoms with Crippen molar-refractivity contribution >= 4 is 28.1 Å². The van der Waals surface area contributed by atoms with Gasteiger partial charge in [-0.1, -0.05) is 23.5 Å². The third kappa shape index (κ3) is 2.87. The normalized spacial score (nSPS) is 10.3. The first-order valence-electron chi connectivity index (χ1n) is 6.14. The zero-order valence-electron chi connectivity index (χ0n) is 10.9. The van der Waals surface area contributed by atoms with Gasteiger partial charge in [0, 0.05) is 23.6 Å². The molecule has 0 aliphatic carbocycles. The van der Waals surface area contributed by atoms with Gasteiger partial charge in [0.05, 0.1) is 5.56 Å². The number of carbonyl (C=O) groups excluding carboxylic acids is 1. The van der Waals surface area contributed by atoms with Gasteiger partial charge in [0.2, 0.25) is 5.13 Å². The Morgan fingerprint density at radius 3 is 2.76 bits per heavy atom. The van der Waals surface area contributed by atoms with Crippen molar-refractivity contribution in [3.63, 3.8) is 0 Å². The molecule has 0 saturated heterocycles. The lowest BCUT2D eigenvalue weighted by Crippen LogP contribution is -2.11. The van der Waals surface area contributed by atoms with Crippen LogP contribution >= 0.6 is 11.3 Å². The monoisotopic (exact) mass is 297 g/mol. The average molecular weight is 297 g/mol. The fraction of sp³-hybridized carbons (Fsp3) is 0. The third-order valence-corrected chi connectivity index (χ3v) is 3.63. The van der Waals surface area contributed by atoms with E-state index in [4.69, 9.17) is 5.73 Å². The molecule has 0 aliphatic heterocycles. The number of hydrogen-bond donors (Lipinski definition) is 2. The van der Waals surface area contributed by atoms with Gasteiger partial charge in [-0.3, -0.25) is 15.1 Å². The maximum absolute atomic E-state index is 12.0. The summed E-state index contributed by atoms with van der Waals surface area (Å²) in [4.78, 5) is 15.9. The lowest BCUT2D eigenvalue weighted by molar-refractivity contribution is 0.102. The third-order valence-electron chi connectivity index (χ3n) is 2.76. The fourth-order valence-corrected chi connectivity index (χ4v) is 2.53. The number of para-hydroxylation sites is 1. The quantitative estimate of drug-likeness (QED) is 0.724. The molecule has 0 bridgehead atoms. The van der Waals surface area contributed by atoms with Crippen molar-refractivity contribution in [2.75, 3.05) is 11.1 Å². The van der Waals surface area contributed by atoms with Crippen LogP contribution in [0.3, 0.4) is 0 Å². The highest BCUT2D eigenvalue weighted by atomic mass is 32.1. The van der Waals surface area contributed by atoms with Gasteiger partial charge >= 0.3 is 0 Å². The predicted molar refractivity (Wildman–Crippen MR) is 81.9 cm³/mol. The molecule has 0 atom stereocenters. The number of anilines is 2. The molecule has 3 rings (SSSR count). The minimum absolute atomic E-state index is 0.271. The summed E-state index contributed by atoms with van der Waals surface area (Å²) >= 11 is 1.27. The topological polar surface area (TPSA) is 93.8 Å². The molecule has 2 aromatic heterocycles. The minimum Gasteiger partial charge on any atom is -0.398 e. The van der Waals surface area contributed by atoms with E-state index in [0.717, 1.165) is 5.56 Å². The van der Waals surface area contributed by atoms with Gasteiger partial charge < -0.3 is 5.73 Å². The first-order chi connectivity index (χ1) is 10.2. The van der Waals surface area contributed by atoms with E-state index in [0.29, 0.717) is 21.4 Å². The molecule has 6 nitrogen and oxygen atoms in total. The van der Waals surface area contributed by atoms with Gasteiger partial charge in [-0.2, -0.15) is 0 Å². The highest BCUT2D eigenvalue weighted by Crippen LogP contribution is 2.30. The smallest absolute Gasteiger partial charge is 0.259 e. The summed E-state index contributed by atoms with van der Waals surface area (Å²) in [6.07, 6.45) is 3.10. The van der Waals surface area contributed by atoms with Crippen LogP contribution in [0.1, 0.15) is 10.4 Å². The lowest BCUT2D eigenvalue weighted by atomic mass is 10.2. The molecule has 0 unspecified atom stereocenters. The molecule has 1 amide bonds. The molecule has 3 N–H and O–H groups in total. The number of nitrogens with one attached hydrogen (secondary N) is 1. The predicted octanol–water partition coefficient (Wildman–Crippen LogP) is 2.43. The van der Waals surface area contributed by atoms with Crippen molar-refractivity contribution in [2.45, 2.75) is 0 Å². The van der Waals surface area contributed by atoms with Crippen LogP contribution in [-0.2, 0) is 0 Å². The Kier molecular flexibility index (Phi) is 3.57. The van der Waals surface area contributed by atoms with Crippen molar-refractivity contribution in [1.82, 2.24) is 15.2 Å². The van der Waals surface area contributed by atoms with E-state index in [2.05, 4.69) is 20.5 Å². The highest BCUT2D eigenvalue weighted by molar-refractivity contribution is 7.18. The van der Waals surface area contributed by atoms with E-state index in [1.807, 2.05) is 18.2 Å². The Bertz CT molecular complexity index is 772. The Morgan fingerprint density at radius 2 is 2.00 bits per heavy atom. The molecule has 0 aliphatic rings. The van der Waals surface area contributed by atoms with E-state index in [1.165, 1.54) is 17.5 Å². The van der Waals surface area contributed by atoms with E-state index < -0.39 is 0 Å². The van der Waals surface area contributed by atoms with Crippen molar-refractivity contribution < 1.29 is 4.79 Å². The van der Waals surface area contributed by atoms with Gasteiger partial charge in [0.15, 0.2) is 5.01 Å². The number of pyridine rings is 1. The maximum atomic E-state index is 12.0. The molecule has 0 saturated carbocycles. The van der Waals surface area contributed by atoms with E-state index >= 15 is 0 Å². The Balaban J connectivity index is 1.80. The Morgan fingerprint density at radius 1 is 1.14 bits per heavy atom. The molecule has 0 fully saturated rings. The second-order valence-corrected chi connectivity index (χ2v) is 5.17. The molecule has 3 aromatic rings. The number of benzene rings is 1. The van der Waals surface area contributed by atoms with Crippen molar-refractivity contribution in [3.05, 3.63) is 54.4 Å². The number of aromatic nitrogens is 3. The number of carbonyl (C=O) groups is 1. The van der Waals surface area contributed by atoms with Crippen LogP contribution in [0.25, 0.3) is 10.6 Å². The molecule has 0 spiro atoms. The summed E-state index contributed by atoms with van der Waals surface area (Å²) in [7, 11) is 0. The van der Waals surface area contributed by atoms with Crippen molar-refractivity contribution in [2.24, 2.45) is 0 Å². The molecule has 0 radical (unpaired) electrons. The van der Waals surface area contributed by atoms with Gasteiger partial charge in [-0.05, 0) is 24.3 Å². The first-order valence-corrected chi connectivity index (χ1v) is 6.95. The van der Waals surface area contributed by atoms with Crippen LogP contribution in [0.4, 0.5) is 10.8 Å². The molecule has 104 valence electrons. The standard InChI is InChI=1S/C14H11N5OS/c15-11-6-2-1-5-10(11)13-18-19-14(21-13)17-12(20)9-4-3-7-16-8-9/h1-8H,15H2,(H,17,19,20). The summed E-state index contributed by atoms with van der Waals surface area (Å²) in [5.74, 6) is -0.271. The van der Waals surface area contributed by atoms with Crippen LogP contribution in [0.5, 0.6) is 0 Å². The number of rotatable bonds is 3. The highest BCUT2D eigenvalue weighted by Gasteiger charge is 2.12. The second-order valence-electron chi connectivity index (χ2n) is 4.20. The van der Waals surface area contributed by atoms with Gasteiger partial charge in [0.25, 0.3) is 5.91 Å². The van der Waals surface area contributed by atoms with Crippen LogP contribution in [0.15, 0.2) is 48.8 Å². The van der Waals surface area contributed by atoms with E-state index in [1.54, 1.807) is 24.4 Å². The number of nitrogen functional groups attached to an aromatic ring is 1. The maximum Gasteiger partial charge on any atom is 0.259 e.